The van der Waals surface area contributed by atoms with Gasteiger partial charge in [-0.1, -0.05) is 18.9 Å². The Labute approximate surface area is 155 Å². The third kappa shape index (κ3) is 4.06. The molecule has 26 heavy (non-hydrogen) atoms. The fourth-order valence-corrected chi connectivity index (χ4v) is 4.14. The fraction of sp³-hybridized carbons (Fsp3) is 0.650. The Kier molecular flexibility index (Phi) is 5.91. The average molecular weight is 362 g/mol. The Morgan fingerprint density at radius 3 is 2.96 bits per heavy atom. The van der Waals surface area contributed by atoms with Crippen LogP contribution in [0.1, 0.15) is 44.6 Å². The van der Waals surface area contributed by atoms with Crippen LogP contribution in [0.15, 0.2) is 18.2 Å². The molecule has 1 saturated heterocycles. The Balaban J connectivity index is 1.56. The first-order chi connectivity index (χ1) is 12.6. The number of hydrogen-bond acceptors (Lipinski definition) is 4. The van der Waals surface area contributed by atoms with Crippen LogP contribution in [-0.2, 0) is 6.54 Å². The zero-order valence-electron chi connectivity index (χ0n) is 15.8. The van der Waals surface area contributed by atoms with E-state index in [1.54, 1.807) is 7.11 Å². The molecular weight excluding hydrogens is 332 g/mol. The summed E-state index contributed by atoms with van der Waals surface area (Å²) in [7, 11) is 1.61. The van der Waals surface area contributed by atoms with E-state index in [-0.39, 0.29) is 11.9 Å². The Morgan fingerprint density at radius 1 is 1.35 bits per heavy atom. The summed E-state index contributed by atoms with van der Waals surface area (Å²) in [5.74, 6) is 1.59. The summed E-state index contributed by atoms with van der Waals surface area (Å²) in [6.07, 6.45) is 4.81. The maximum Gasteiger partial charge on any atom is 0.317 e. The van der Waals surface area contributed by atoms with Gasteiger partial charge in [-0.3, -0.25) is 0 Å². The van der Waals surface area contributed by atoms with Crippen molar-refractivity contribution in [3.05, 3.63) is 23.8 Å². The molecule has 0 aromatic heterocycles. The molecule has 144 valence electrons. The van der Waals surface area contributed by atoms with Gasteiger partial charge in [0.25, 0.3) is 0 Å². The van der Waals surface area contributed by atoms with E-state index in [9.17, 15) is 9.90 Å². The second kappa shape index (κ2) is 8.16. The summed E-state index contributed by atoms with van der Waals surface area (Å²) in [4.78, 5) is 14.4. The Hall–Kier alpha value is -1.95. The van der Waals surface area contributed by atoms with Gasteiger partial charge in [-0.05, 0) is 43.9 Å². The van der Waals surface area contributed by atoms with Crippen LogP contribution in [-0.4, -0.2) is 48.4 Å². The molecule has 1 aliphatic carbocycles. The van der Waals surface area contributed by atoms with Gasteiger partial charge in [0, 0.05) is 25.6 Å². The summed E-state index contributed by atoms with van der Waals surface area (Å²) in [6.45, 7) is 4.19. The van der Waals surface area contributed by atoms with Gasteiger partial charge < -0.3 is 24.8 Å². The van der Waals surface area contributed by atoms with Crippen molar-refractivity contribution in [2.24, 2.45) is 5.92 Å². The van der Waals surface area contributed by atoms with E-state index in [1.807, 2.05) is 30.0 Å². The molecule has 1 aliphatic heterocycles. The number of likely N-dealkylation sites (tertiary alicyclic amines) is 1. The molecule has 3 rings (SSSR count). The standard InChI is InChI=1S/C20H30N2O4/c1-3-26-18-12-15(7-8-17(18)25-2)13-21-19(23)22-11-10-20(24)9-5-4-6-16(20)14-22/h7-8,12,16,24H,3-6,9-11,13-14H2,1-2H3,(H,21,23)/t16-,20-/m0/s1. The second-order valence-corrected chi connectivity index (χ2v) is 7.32. The van der Waals surface area contributed by atoms with E-state index in [0.717, 1.165) is 31.2 Å². The normalized spacial score (nSPS) is 25.3. The molecule has 2 atom stereocenters. The predicted octanol–water partition coefficient (Wildman–Crippen LogP) is 2.93. The molecule has 2 fully saturated rings. The maximum absolute atomic E-state index is 12.6. The molecular formula is C20H30N2O4. The van der Waals surface area contributed by atoms with E-state index >= 15 is 0 Å². The summed E-state index contributed by atoms with van der Waals surface area (Å²) >= 11 is 0. The first-order valence-electron chi connectivity index (χ1n) is 9.60. The van der Waals surface area contributed by atoms with E-state index in [4.69, 9.17) is 9.47 Å². The number of hydrogen-bond donors (Lipinski definition) is 2. The van der Waals surface area contributed by atoms with Crippen LogP contribution in [0.25, 0.3) is 0 Å². The molecule has 2 aliphatic rings. The molecule has 0 unspecified atom stereocenters. The second-order valence-electron chi connectivity index (χ2n) is 7.32. The molecule has 0 radical (unpaired) electrons. The van der Waals surface area contributed by atoms with Gasteiger partial charge in [-0.25, -0.2) is 4.79 Å². The number of nitrogens with zero attached hydrogens (tertiary/aromatic N) is 1. The summed E-state index contributed by atoms with van der Waals surface area (Å²) in [5.41, 5.74) is 0.408. The highest BCUT2D eigenvalue weighted by Gasteiger charge is 2.43. The molecule has 1 saturated carbocycles. The van der Waals surface area contributed by atoms with E-state index < -0.39 is 5.60 Å². The van der Waals surface area contributed by atoms with Crippen LogP contribution in [0.2, 0.25) is 0 Å². The number of rotatable bonds is 5. The number of benzene rings is 1. The number of carbonyl (C=O) groups is 1. The van der Waals surface area contributed by atoms with Gasteiger partial charge in [0.15, 0.2) is 11.5 Å². The molecule has 0 spiro atoms. The lowest BCUT2D eigenvalue weighted by Crippen LogP contribution is -2.56. The summed E-state index contributed by atoms with van der Waals surface area (Å²) < 4.78 is 10.9. The molecule has 6 nitrogen and oxygen atoms in total. The van der Waals surface area contributed by atoms with Gasteiger partial charge in [0.2, 0.25) is 0 Å². The van der Waals surface area contributed by atoms with Crippen molar-refractivity contribution in [2.45, 2.75) is 51.2 Å². The lowest BCUT2D eigenvalue weighted by molar-refractivity contribution is -0.0870. The third-order valence-corrected chi connectivity index (χ3v) is 5.69. The Bertz CT molecular complexity index is 636. The van der Waals surface area contributed by atoms with Crippen LogP contribution in [0.4, 0.5) is 4.79 Å². The largest absolute Gasteiger partial charge is 0.493 e. The number of urea groups is 1. The number of carbonyl (C=O) groups excluding carboxylic acids is 1. The van der Waals surface area contributed by atoms with Gasteiger partial charge in [-0.15, -0.1) is 0 Å². The lowest BCUT2D eigenvalue weighted by atomic mass is 9.71. The minimum atomic E-state index is -0.558. The fourth-order valence-electron chi connectivity index (χ4n) is 4.14. The van der Waals surface area contributed by atoms with Crippen molar-refractivity contribution in [3.8, 4) is 11.5 Å². The third-order valence-electron chi connectivity index (χ3n) is 5.69. The molecule has 1 aromatic carbocycles. The summed E-state index contributed by atoms with van der Waals surface area (Å²) in [6, 6.07) is 5.62. The molecule has 2 amide bonds. The van der Waals surface area contributed by atoms with Gasteiger partial charge in [0.05, 0.1) is 19.3 Å². The zero-order chi connectivity index (χ0) is 18.6. The highest BCUT2D eigenvalue weighted by atomic mass is 16.5. The monoisotopic (exact) mass is 362 g/mol. The molecule has 1 heterocycles. The SMILES string of the molecule is CCOc1cc(CNC(=O)N2CC[C@@]3(O)CCCC[C@H]3C2)ccc1OC. The van der Waals surface area contributed by atoms with Crippen LogP contribution in [0.5, 0.6) is 11.5 Å². The first kappa shape index (κ1) is 18.8. The van der Waals surface area contributed by atoms with Crippen LogP contribution < -0.4 is 14.8 Å². The number of piperidine rings is 1. The average Bonchev–Trinajstić information content (AvgIpc) is 2.65. The van der Waals surface area contributed by atoms with Crippen molar-refractivity contribution in [1.29, 1.82) is 0 Å². The number of methoxy groups -OCH3 is 1. The molecule has 1 aromatic rings. The predicted molar refractivity (Wildman–Crippen MR) is 99.5 cm³/mol. The highest BCUT2D eigenvalue weighted by molar-refractivity contribution is 5.74. The highest BCUT2D eigenvalue weighted by Crippen LogP contribution is 2.39. The topological polar surface area (TPSA) is 71.0 Å². The van der Waals surface area contributed by atoms with E-state index in [2.05, 4.69) is 5.32 Å². The Morgan fingerprint density at radius 2 is 2.19 bits per heavy atom. The first-order valence-corrected chi connectivity index (χ1v) is 9.60. The van der Waals surface area contributed by atoms with Crippen molar-refractivity contribution in [3.63, 3.8) is 0 Å². The van der Waals surface area contributed by atoms with Crippen LogP contribution in [0.3, 0.4) is 0 Å². The van der Waals surface area contributed by atoms with Crippen molar-refractivity contribution in [1.82, 2.24) is 10.2 Å². The van der Waals surface area contributed by atoms with Crippen molar-refractivity contribution >= 4 is 6.03 Å². The van der Waals surface area contributed by atoms with E-state index in [0.29, 0.717) is 44.2 Å². The smallest absolute Gasteiger partial charge is 0.317 e. The lowest BCUT2D eigenvalue weighted by Gasteiger charge is -2.47. The number of ether oxygens (including phenoxy) is 2. The van der Waals surface area contributed by atoms with Crippen molar-refractivity contribution < 1.29 is 19.4 Å². The molecule has 6 heteroatoms. The van der Waals surface area contributed by atoms with Gasteiger partial charge in [-0.2, -0.15) is 0 Å². The van der Waals surface area contributed by atoms with Gasteiger partial charge >= 0.3 is 6.03 Å². The number of amides is 2. The van der Waals surface area contributed by atoms with E-state index in [1.165, 1.54) is 0 Å². The van der Waals surface area contributed by atoms with Gasteiger partial charge in [0.1, 0.15) is 0 Å². The maximum atomic E-state index is 12.6. The summed E-state index contributed by atoms with van der Waals surface area (Å²) in [5, 5.41) is 13.7. The minimum Gasteiger partial charge on any atom is -0.493 e. The quantitative estimate of drug-likeness (QED) is 0.845. The number of aliphatic hydroxyl groups is 1. The minimum absolute atomic E-state index is 0.0635. The zero-order valence-corrected chi connectivity index (χ0v) is 15.8. The number of nitrogens with one attached hydrogen (secondary N) is 1. The molecule has 2 N–H and O–H groups in total. The van der Waals surface area contributed by atoms with Crippen molar-refractivity contribution in [2.75, 3.05) is 26.8 Å². The van der Waals surface area contributed by atoms with Crippen LogP contribution in [0, 0.1) is 5.92 Å². The number of fused-ring (bicyclic) bond motifs is 1. The molecule has 0 bridgehead atoms. The van der Waals surface area contributed by atoms with Crippen LogP contribution >= 0.6 is 0 Å².